The standard InChI is InChI=1S/C20H23N5O/c1-15(2)24-19-22-12-16(13-23-19)18(26)25-10-8-20(14-21,9-11-25)17-6-4-3-5-7-17/h3-7,12-13,15H,8-11H2,1-2H3,(H,22,23,24). The summed E-state index contributed by atoms with van der Waals surface area (Å²) < 4.78 is 0. The Bertz CT molecular complexity index is 787. The highest BCUT2D eigenvalue weighted by molar-refractivity contribution is 5.93. The molecule has 1 fully saturated rings. The maximum absolute atomic E-state index is 12.7. The van der Waals surface area contributed by atoms with Gasteiger partial charge in [-0.15, -0.1) is 0 Å². The molecule has 26 heavy (non-hydrogen) atoms. The van der Waals surface area contributed by atoms with Gasteiger partial charge in [0.25, 0.3) is 5.91 Å². The second kappa shape index (κ2) is 7.52. The predicted molar refractivity (Wildman–Crippen MR) is 99.7 cm³/mol. The summed E-state index contributed by atoms with van der Waals surface area (Å²) in [5.74, 6) is 0.434. The number of likely N-dealkylation sites (tertiary alicyclic amines) is 1. The molecule has 1 aromatic heterocycles. The van der Waals surface area contributed by atoms with Gasteiger partial charge in [0.2, 0.25) is 5.95 Å². The highest BCUT2D eigenvalue weighted by Crippen LogP contribution is 2.35. The molecule has 0 atom stereocenters. The number of nitrogens with zero attached hydrogens (tertiary/aromatic N) is 4. The number of piperidine rings is 1. The van der Waals surface area contributed by atoms with Crippen LogP contribution in [0.1, 0.15) is 42.6 Å². The number of benzene rings is 1. The van der Waals surface area contributed by atoms with Gasteiger partial charge in [0.05, 0.1) is 17.0 Å². The first kappa shape index (κ1) is 17.9. The monoisotopic (exact) mass is 349 g/mol. The number of carbonyl (C=O) groups is 1. The van der Waals surface area contributed by atoms with E-state index in [2.05, 4.69) is 21.4 Å². The van der Waals surface area contributed by atoms with Gasteiger partial charge in [0.1, 0.15) is 0 Å². The topological polar surface area (TPSA) is 81.9 Å². The van der Waals surface area contributed by atoms with E-state index in [-0.39, 0.29) is 11.9 Å². The van der Waals surface area contributed by atoms with E-state index in [4.69, 9.17) is 0 Å². The van der Waals surface area contributed by atoms with Gasteiger partial charge in [-0.2, -0.15) is 5.26 Å². The molecule has 1 aliphatic heterocycles. The first-order chi connectivity index (χ1) is 12.5. The lowest BCUT2D eigenvalue weighted by molar-refractivity contribution is 0.0691. The zero-order valence-corrected chi connectivity index (χ0v) is 15.1. The third-order valence-corrected chi connectivity index (χ3v) is 4.76. The Kier molecular flexibility index (Phi) is 5.17. The number of hydrogen-bond donors (Lipinski definition) is 1. The lowest BCUT2D eigenvalue weighted by Crippen LogP contribution is -2.44. The molecule has 134 valence electrons. The molecular weight excluding hydrogens is 326 g/mol. The molecular formula is C20H23N5O. The summed E-state index contributed by atoms with van der Waals surface area (Å²) in [5.41, 5.74) is 0.991. The van der Waals surface area contributed by atoms with Gasteiger partial charge in [-0.05, 0) is 32.3 Å². The Morgan fingerprint density at radius 1 is 1.19 bits per heavy atom. The molecule has 1 saturated heterocycles. The molecule has 6 heteroatoms. The van der Waals surface area contributed by atoms with Crippen LogP contribution in [0, 0.1) is 11.3 Å². The maximum Gasteiger partial charge on any atom is 0.256 e. The molecule has 0 unspecified atom stereocenters. The summed E-state index contributed by atoms with van der Waals surface area (Å²) in [7, 11) is 0. The lowest BCUT2D eigenvalue weighted by atomic mass is 9.74. The Morgan fingerprint density at radius 2 is 1.81 bits per heavy atom. The number of nitriles is 1. The van der Waals surface area contributed by atoms with Crippen LogP contribution in [0.5, 0.6) is 0 Å². The zero-order chi connectivity index (χ0) is 18.6. The maximum atomic E-state index is 12.7. The van der Waals surface area contributed by atoms with Gasteiger partial charge >= 0.3 is 0 Å². The van der Waals surface area contributed by atoms with Crippen LogP contribution >= 0.6 is 0 Å². The molecule has 1 aliphatic rings. The van der Waals surface area contributed by atoms with E-state index in [0.29, 0.717) is 37.4 Å². The van der Waals surface area contributed by atoms with E-state index in [1.54, 1.807) is 17.3 Å². The molecule has 1 N–H and O–H groups in total. The summed E-state index contributed by atoms with van der Waals surface area (Å²) in [6.07, 6.45) is 4.38. The van der Waals surface area contributed by atoms with Gasteiger partial charge in [-0.1, -0.05) is 30.3 Å². The van der Waals surface area contributed by atoms with Gasteiger partial charge in [0.15, 0.2) is 0 Å². The average Bonchev–Trinajstić information content (AvgIpc) is 2.68. The predicted octanol–water partition coefficient (Wildman–Crippen LogP) is 2.99. The molecule has 2 heterocycles. The SMILES string of the molecule is CC(C)Nc1ncc(C(=O)N2CCC(C#N)(c3ccccc3)CC2)cn1. The van der Waals surface area contributed by atoms with E-state index in [9.17, 15) is 10.1 Å². The van der Waals surface area contributed by atoms with Crippen molar-refractivity contribution >= 4 is 11.9 Å². The van der Waals surface area contributed by atoms with Crippen LogP contribution in [0.25, 0.3) is 0 Å². The highest BCUT2D eigenvalue weighted by atomic mass is 16.2. The van der Waals surface area contributed by atoms with Gasteiger partial charge in [0, 0.05) is 31.5 Å². The van der Waals surface area contributed by atoms with Crippen LogP contribution in [0.3, 0.4) is 0 Å². The second-order valence-corrected chi connectivity index (χ2v) is 6.95. The van der Waals surface area contributed by atoms with Crippen LogP contribution in [0.2, 0.25) is 0 Å². The number of nitrogens with one attached hydrogen (secondary N) is 1. The molecule has 1 amide bonds. The van der Waals surface area contributed by atoms with Crippen molar-refractivity contribution in [3.05, 3.63) is 53.9 Å². The zero-order valence-electron chi connectivity index (χ0n) is 15.1. The van der Waals surface area contributed by atoms with E-state index >= 15 is 0 Å². The van der Waals surface area contributed by atoms with Crippen molar-refractivity contribution < 1.29 is 4.79 Å². The first-order valence-electron chi connectivity index (χ1n) is 8.89. The Hall–Kier alpha value is -2.94. The van der Waals surface area contributed by atoms with Crippen molar-refractivity contribution in [3.63, 3.8) is 0 Å². The van der Waals surface area contributed by atoms with Crippen molar-refractivity contribution in [1.82, 2.24) is 14.9 Å². The Morgan fingerprint density at radius 3 is 2.35 bits per heavy atom. The smallest absolute Gasteiger partial charge is 0.256 e. The number of anilines is 1. The second-order valence-electron chi connectivity index (χ2n) is 6.95. The van der Waals surface area contributed by atoms with E-state index in [1.165, 1.54) is 0 Å². The van der Waals surface area contributed by atoms with Crippen LogP contribution in [-0.4, -0.2) is 39.9 Å². The summed E-state index contributed by atoms with van der Waals surface area (Å²) in [5, 5.41) is 12.9. The minimum absolute atomic E-state index is 0.0827. The summed E-state index contributed by atoms with van der Waals surface area (Å²) in [6.45, 7) is 5.11. The first-order valence-corrected chi connectivity index (χ1v) is 8.89. The fourth-order valence-corrected chi connectivity index (χ4v) is 3.27. The minimum atomic E-state index is -0.514. The number of rotatable bonds is 4. The number of amides is 1. The molecule has 0 saturated carbocycles. The Balaban J connectivity index is 1.68. The molecule has 0 bridgehead atoms. The summed E-state index contributed by atoms with van der Waals surface area (Å²) >= 11 is 0. The third-order valence-electron chi connectivity index (χ3n) is 4.76. The fourth-order valence-electron chi connectivity index (χ4n) is 3.27. The molecule has 0 radical (unpaired) electrons. The van der Waals surface area contributed by atoms with Crippen molar-refractivity contribution in [3.8, 4) is 6.07 Å². The minimum Gasteiger partial charge on any atom is -0.352 e. The number of aromatic nitrogens is 2. The lowest BCUT2D eigenvalue weighted by Gasteiger charge is -2.37. The van der Waals surface area contributed by atoms with Crippen molar-refractivity contribution in [2.45, 2.75) is 38.1 Å². The van der Waals surface area contributed by atoms with E-state index in [1.807, 2.05) is 44.2 Å². The molecule has 0 spiro atoms. The summed E-state index contributed by atoms with van der Waals surface area (Å²) in [6, 6.07) is 12.6. The highest BCUT2D eigenvalue weighted by Gasteiger charge is 2.37. The number of carbonyl (C=O) groups excluding carboxylic acids is 1. The average molecular weight is 349 g/mol. The molecule has 3 rings (SSSR count). The normalized spacial score (nSPS) is 16.2. The van der Waals surface area contributed by atoms with Crippen molar-refractivity contribution in [2.24, 2.45) is 0 Å². The summed E-state index contributed by atoms with van der Waals surface area (Å²) in [4.78, 5) is 22.9. The van der Waals surface area contributed by atoms with Gasteiger partial charge in [-0.25, -0.2) is 9.97 Å². The van der Waals surface area contributed by atoms with E-state index in [0.717, 1.165) is 5.56 Å². The van der Waals surface area contributed by atoms with Crippen LogP contribution in [0.15, 0.2) is 42.7 Å². The largest absolute Gasteiger partial charge is 0.352 e. The molecule has 2 aromatic rings. The molecule has 1 aromatic carbocycles. The van der Waals surface area contributed by atoms with Crippen LogP contribution < -0.4 is 5.32 Å². The van der Waals surface area contributed by atoms with Crippen molar-refractivity contribution in [1.29, 1.82) is 5.26 Å². The third kappa shape index (κ3) is 3.67. The van der Waals surface area contributed by atoms with Gasteiger partial charge < -0.3 is 10.2 Å². The molecule has 0 aliphatic carbocycles. The van der Waals surface area contributed by atoms with Gasteiger partial charge in [-0.3, -0.25) is 4.79 Å². The quantitative estimate of drug-likeness (QED) is 0.917. The van der Waals surface area contributed by atoms with Crippen LogP contribution in [0.4, 0.5) is 5.95 Å². The van der Waals surface area contributed by atoms with Crippen molar-refractivity contribution in [2.75, 3.05) is 18.4 Å². The fraction of sp³-hybridized carbons (Fsp3) is 0.400. The van der Waals surface area contributed by atoms with E-state index < -0.39 is 5.41 Å². The Labute approximate surface area is 153 Å². The molecule has 6 nitrogen and oxygen atoms in total. The number of hydrogen-bond acceptors (Lipinski definition) is 5. The van der Waals surface area contributed by atoms with Crippen LogP contribution in [-0.2, 0) is 5.41 Å².